The van der Waals surface area contributed by atoms with Crippen LogP contribution in [-0.2, 0) is 0 Å². The molecule has 3 aromatic rings. The summed E-state index contributed by atoms with van der Waals surface area (Å²) in [6, 6.07) is 21.2. The highest BCUT2D eigenvalue weighted by atomic mass is 79.9. The Morgan fingerprint density at radius 3 is 2.39 bits per heavy atom. The lowest BCUT2D eigenvalue weighted by Gasteiger charge is -2.27. The second-order valence-corrected chi connectivity index (χ2v) is 7.41. The summed E-state index contributed by atoms with van der Waals surface area (Å²) in [6.45, 7) is 2.03. The van der Waals surface area contributed by atoms with E-state index >= 15 is 0 Å². The average molecular weight is 441 g/mol. The Bertz CT molecular complexity index is 989. The zero-order chi connectivity index (χ0) is 20.3. The molecular formula is C22H21BrN2O3. The Kier molecular flexibility index (Phi) is 5.99. The SMILES string of the molecule is COc1ccccc1-c1ccc(C(C)N(C)c2ccc(Br)cc2[N+](=O)[O-])cc1. The smallest absolute Gasteiger partial charge is 0.293 e. The van der Waals surface area contributed by atoms with Crippen LogP contribution in [0.2, 0.25) is 0 Å². The molecule has 3 aromatic carbocycles. The van der Waals surface area contributed by atoms with E-state index in [1.165, 1.54) is 6.07 Å². The number of nitro benzene ring substituents is 1. The van der Waals surface area contributed by atoms with Gasteiger partial charge in [0.1, 0.15) is 11.4 Å². The zero-order valence-electron chi connectivity index (χ0n) is 15.9. The molecule has 144 valence electrons. The molecule has 0 heterocycles. The minimum atomic E-state index is -0.353. The first kappa shape index (κ1) is 19.9. The fourth-order valence-corrected chi connectivity index (χ4v) is 3.55. The van der Waals surface area contributed by atoms with Crippen molar-refractivity contribution in [2.75, 3.05) is 19.1 Å². The summed E-state index contributed by atoms with van der Waals surface area (Å²) < 4.78 is 6.13. The molecule has 6 heteroatoms. The largest absolute Gasteiger partial charge is 0.496 e. The Balaban J connectivity index is 1.89. The van der Waals surface area contributed by atoms with E-state index in [1.54, 1.807) is 13.2 Å². The summed E-state index contributed by atoms with van der Waals surface area (Å²) in [5.74, 6) is 0.825. The Labute approximate surface area is 172 Å². The molecule has 0 aromatic heterocycles. The lowest BCUT2D eigenvalue weighted by molar-refractivity contribution is -0.384. The van der Waals surface area contributed by atoms with Gasteiger partial charge in [-0.05, 0) is 36.2 Å². The van der Waals surface area contributed by atoms with E-state index in [9.17, 15) is 10.1 Å². The van der Waals surface area contributed by atoms with Gasteiger partial charge in [0, 0.05) is 23.2 Å². The van der Waals surface area contributed by atoms with Gasteiger partial charge < -0.3 is 9.64 Å². The summed E-state index contributed by atoms with van der Waals surface area (Å²) in [5.41, 5.74) is 3.81. The van der Waals surface area contributed by atoms with Gasteiger partial charge in [-0.2, -0.15) is 0 Å². The monoisotopic (exact) mass is 440 g/mol. The van der Waals surface area contributed by atoms with Crippen molar-refractivity contribution in [3.8, 4) is 16.9 Å². The Hall–Kier alpha value is -2.86. The second-order valence-electron chi connectivity index (χ2n) is 6.50. The lowest BCUT2D eigenvalue weighted by Crippen LogP contribution is -2.22. The van der Waals surface area contributed by atoms with Gasteiger partial charge in [-0.1, -0.05) is 58.4 Å². The standard InChI is InChI=1S/C22H21BrN2O3/c1-15(24(2)20-13-12-18(23)14-21(20)25(26)27)16-8-10-17(11-9-16)19-6-4-5-7-22(19)28-3/h4-15H,1-3H3. The van der Waals surface area contributed by atoms with E-state index in [-0.39, 0.29) is 16.7 Å². The number of rotatable bonds is 6. The molecule has 3 rings (SSSR count). The van der Waals surface area contributed by atoms with Crippen molar-refractivity contribution in [1.82, 2.24) is 0 Å². The number of hydrogen-bond donors (Lipinski definition) is 0. The number of methoxy groups -OCH3 is 1. The summed E-state index contributed by atoms with van der Waals surface area (Å²) >= 11 is 3.30. The quantitative estimate of drug-likeness (QED) is 0.336. The number of anilines is 1. The van der Waals surface area contributed by atoms with Crippen LogP contribution < -0.4 is 9.64 Å². The highest BCUT2D eigenvalue weighted by Gasteiger charge is 2.22. The molecule has 0 bridgehead atoms. The van der Waals surface area contributed by atoms with Crippen LogP contribution in [0.3, 0.4) is 0 Å². The summed E-state index contributed by atoms with van der Waals surface area (Å²) in [4.78, 5) is 13.0. The molecule has 28 heavy (non-hydrogen) atoms. The maximum absolute atomic E-state index is 11.4. The molecule has 0 aliphatic heterocycles. The van der Waals surface area contributed by atoms with E-state index in [2.05, 4.69) is 15.9 Å². The van der Waals surface area contributed by atoms with Gasteiger partial charge in [-0.15, -0.1) is 0 Å². The molecule has 5 nitrogen and oxygen atoms in total. The minimum Gasteiger partial charge on any atom is -0.496 e. The fraction of sp³-hybridized carbons (Fsp3) is 0.182. The van der Waals surface area contributed by atoms with E-state index < -0.39 is 0 Å². The van der Waals surface area contributed by atoms with Gasteiger partial charge >= 0.3 is 0 Å². The maximum Gasteiger partial charge on any atom is 0.293 e. The van der Waals surface area contributed by atoms with Gasteiger partial charge in [0.2, 0.25) is 0 Å². The van der Waals surface area contributed by atoms with Gasteiger partial charge in [-0.3, -0.25) is 10.1 Å². The highest BCUT2D eigenvalue weighted by molar-refractivity contribution is 9.10. The predicted octanol–water partition coefficient (Wildman–Crippen LogP) is 6.23. The maximum atomic E-state index is 11.4. The number of para-hydroxylation sites is 1. The van der Waals surface area contributed by atoms with E-state index in [1.807, 2.05) is 73.5 Å². The number of halogens is 1. The average Bonchev–Trinajstić information content (AvgIpc) is 2.72. The van der Waals surface area contributed by atoms with Gasteiger partial charge in [0.15, 0.2) is 0 Å². The van der Waals surface area contributed by atoms with Crippen molar-refractivity contribution >= 4 is 27.3 Å². The van der Waals surface area contributed by atoms with Crippen LogP contribution in [0.15, 0.2) is 71.2 Å². The normalized spacial score (nSPS) is 11.7. The third-order valence-electron chi connectivity index (χ3n) is 4.91. The molecule has 0 aliphatic rings. The van der Waals surface area contributed by atoms with E-state index in [0.29, 0.717) is 10.2 Å². The lowest BCUT2D eigenvalue weighted by atomic mass is 10.00. The summed E-state index contributed by atoms with van der Waals surface area (Å²) in [7, 11) is 3.53. The third kappa shape index (κ3) is 4.02. The van der Waals surface area contributed by atoms with Crippen molar-refractivity contribution in [2.45, 2.75) is 13.0 Å². The van der Waals surface area contributed by atoms with Crippen LogP contribution in [0.1, 0.15) is 18.5 Å². The molecular weight excluding hydrogens is 420 g/mol. The molecule has 0 N–H and O–H groups in total. The van der Waals surface area contributed by atoms with Crippen LogP contribution in [-0.4, -0.2) is 19.1 Å². The third-order valence-corrected chi connectivity index (χ3v) is 5.40. The molecule has 0 fully saturated rings. The first-order chi connectivity index (χ1) is 13.4. The fourth-order valence-electron chi connectivity index (χ4n) is 3.20. The topological polar surface area (TPSA) is 55.6 Å². The van der Waals surface area contributed by atoms with Gasteiger partial charge in [-0.25, -0.2) is 0 Å². The number of benzene rings is 3. The number of nitrogens with zero attached hydrogens (tertiary/aromatic N) is 2. The van der Waals surface area contributed by atoms with Crippen molar-refractivity contribution < 1.29 is 9.66 Å². The van der Waals surface area contributed by atoms with Crippen LogP contribution in [0.5, 0.6) is 5.75 Å². The Morgan fingerprint density at radius 1 is 1.07 bits per heavy atom. The second kappa shape index (κ2) is 8.44. The van der Waals surface area contributed by atoms with Crippen LogP contribution in [0.25, 0.3) is 11.1 Å². The molecule has 0 amide bonds. The number of ether oxygens (including phenoxy) is 1. The van der Waals surface area contributed by atoms with E-state index in [0.717, 1.165) is 22.4 Å². The highest BCUT2D eigenvalue weighted by Crippen LogP contribution is 2.36. The van der Waals surface area contributed by atoms with Crippen molar-refractivity contribution in [2.24, 2.45) is 0 Å². The van der Waals surface area contributed by atoms with Crippen molar-refractivity contribution in [3.63, 3.8) is 0 Å². The molecule has 0 radical (unpaired) electrons. The molecule has 0 saturated heterocycles. The predicted molar refractivity (Wildman–Crippen MR) is 116 cm³/mol. The van der Waals surface area contributed by atoms with E-state index in [4.69, 9.17) is 4.74 Å². The molecule has 0 saturated carbocycles. The molecule has 1 unspecified atom stereocenters. The first-order valence-electron chi connectivity index (χ1n) is 8.82. The number of hydrogen-bond acceptors (Lipinski definition) is 4. The molecule has 0 aliphatic carbocycles. The summed E-state index contributed by atoms with van der Waals surface area (Å²) in [6.07, 6.45) is 0. The summed E-state index contributed by atoms with van der Waals surface area (Å²) in [5, 5.41) is 11.4. The van der Waals surface area contributed by atoms with Crippen molar-refractivity contribution in [3.05, 3.63) is 86.9 Å². The Morgan fingerprint density at radius 2 is 1.75 bits per heavy atom. The van der Waals surface area contributed by atoms with Crippen LogP contribution >= 0.6 is 15.9 Å². The molecule has 1 atom stereocenters. The van der Waals surface area contributed by atoms with Crippen LogP contribution in [0.4, 0.5) is 11.4 Å². The van der Waals surface area contributed by atoms with Gasteiger partial charge in [0.05, 0.1) is 18.1 Å². The van der Waals surface area contributed by atoms with Crippen LogP contribution in [0, 0.1) is 10.1 Å². The molecule has 0 spiro atoms. The zero-order valence-corrected chi connectivity index (χ0v) is 17.5. The first-order valence-corrected chi connectivity index (χ1v) is 9.61. The van der Waals surface area contributed by atoms with Gasteiger partial charge in [0.25, 0.3) is 5.69 Å². The number of nitro groups is 1. The minimum absolute atomic E-state index is 0.0356. The van der Waals surface area contributed by atoms with Crippen molar-refractivity contribution in [1.29, 1.82) is 0 Å².